The molecule has 1 fully saturated rings. The first-order valence-corrected chi connectivity index (χ1v) is 6.11. The fourth-order valence-corrected chi connectivity index (χ4v) is 3.31. The zero-order valence-electron chi connectivity index (χ0n) is 4.31. The zero-order valence-corrected chi connectivity index (χ0v) is 7.61. The molecule has 1 rings (SSSR count). The molecule has 0 amide bonds. The van der Waals surface area contributed by atoms with E-state index in [9.17, 15) is 0 Å². The molecule has 1 radical (unpaired) electrons. The van der Waals surface area contributed by atoms with Crippen LogP contribution in [0.25, 0.3) is 0 Å². The van der Waals surface area contributed by atoms with Crippen LogP contribution in [0.3, 0.4) is 0 Å². The van der Waals surface area contributed by atoms with Crippen molar-refractivity contribution in [2.45, 2.75) is 17.3 Å². The van der Waals surface area contributed by atoms with Crippen LogP contribution < -0.4 is 0 Å². The van der Waals surface area contributed by atoms with E-state index in [1.54, 1.807) is 0 Å². The molecule has 1 heterocycles. The fourth-order valence-electron chi connectivity index (χ4n) is 0.580. The van der Waals surface area contributed by atoms with Gasteiger partial charge in [-0.25, -0.2) is 0 Å². The van der Waals surface area contributed by atoms with Gasteiger partial charge in [0.2, 0.25) is 0 Å². The maximum absolute atomic E-state index is 5.26. The summed E-state index contributed by atoms with van der Waals surface area (Å²) in [6.07, 6.45) is 2.78. The Hall–Kier alpha value is 0.719. The maximum atomic E-state index is 5.26. The van der Waals surface area contributed by atoms with Gasteiger partial charge in [-0.1, -0.05) is 0 Å². The Morgan fingerprint density at radius 1 is 1.29 bits per heavy atom. The average molecular weight is 210 g/mol. The van der Waals surface area contributed by atoms with Gasteiger partial charge in [0.1, 0.15) is 0 Å². The van der Waals surface area contributed by atoms with Crippen molar-refractivity contribution < 1.29 is 8.55 Å². The van der Waals surface area contributed by atoms with Crippen molar-refractivity contribution in [2.24, 2.45) is 0 Å². The standard InChI is InChI=1S/C4H8O.H2O.Sn.H/c1-2-3-4-5;;;/h1-4H2;1H2;;/q-1;;+1;. The third-order valence-electron chi connectivity index (χ3n) is 0.952. The summed E-state index contributed by atoms with van der Waals surface area (Å²) in [4.78, 5) is 0. The van der Waals surface area contributed by atoms with Crippen LogP contribution in [0.2, 0.25) is 4.44 Å². The van der Waals surface area contributed by atoms with E-state index in [0.717, 1.165) is 6.61 Å². The number of hydrogen-bond acceptors (Lipinski definition) is 1. The molecular formula is C4H11O2Sn. The van der Waals surface area contributed by atoms with Crippen molar-refractivity contribution in [3.63, 3.8) is 0 Å². The predicted molar refractivity (Wildman–Crippen MR) is 30.8 cm³/mol. The van der Waals surface area contributed by atoms with Gasteiger partial charge in [0, 0.05) is 0 Å². The van der Waals surface area contributed by atoms with E-state index in [0.29, 0.717) is 0 Å². The minimum absolute atomic E-state index is 0. The van der Waals surface area contributed by atoms with Crippen LogP contribution in [0.15, 0.2) is 0 Å². The van der Waals surface area contributed by atoms with Crippen molar-refractivity contribution in [1.29, 1.82) is 0 Å². The molecule has 0 bridgehead atoms. The molecule has 0 aliphatic carbocycles. The monoisotopic (exact) mass is 211 g/mol. The molecule has 1 aliphatic heterocycles. The summed E-state index contributed by atoms with van der Waals surface area (Å²) >= 11 is -0.356. The molecule has 3 heteroatoms. The van der Waals surface area contributed by atoms with Gasteiger partial charge in [-0.05, 0) is 0 Å². The van der Waals surface area contributed by atoms with Crippen LogP contribution in [0, 0.1) is 0 Å². The average Bonchev–Trinajstić information content (AvgIpc) is 1.72. The molecular weight excluding hydrogens is 199 g/mol. The van der Waals surface area contributed by atoms with Crippen LogP contribution in [-0.2, 0) is 3.07 Å². The second-order valence-corrected chi connectivity index (χ2v) is 5.08. The quantitative estimate of drug-likeness (QED) is 0.507. The van der Waals surface area contributed by atoms with Gasteiger partial charge in [0.15, 0.2) is 0 Å². The molecule has 0 atom stereocenters. The predicted octanol–water partition coefficient (Wildman–Crippen LogP) is -0.258. The second-order valence-electron chi connectivity index (χ2n) is 1.53. The van der Waals surface area contributed by atoms with Crippen LogP contribution in [0.5, 0.6) is 0 Å². The van der Waals surface area contributed by atoms with Gasteiger partial charge in [-0.3, -0.25) is 0 Å². The normalized spacial score (nSPS) is 20.6. The molecule has 0 aromatic heterocycles. The molecule has 2 nitrogen and oxygen atoms in total. The Balaban J connectivity index is 0.000000360. The summed E-state index contributed by atoms with van der Waals surface area (Å²) in [5.41, 5.74) is 0. The van der Waals surface area contributed by atoms with Gasteiger partial charge >= 0.3 is 48.5 Å². The van der Waals surface area contributed by atoms with E-state index in [4.69, 9.17) is 3.07 Å². The molecule has 0 aromatic carbocycles. The van der Waals surface area contributed by atoms with E-state index >= 15 is 0 Å². The minimum atomic E-state index is -0.356. The Morgan fingerprint density at radius 2 is 2.14 bits per heavy atom. The summed E-state index contributed by atoms with van der Waals surface area (Å²) in [7, 11) is 0. The summed E-state index contributed by atoms with van der Waals surface area (Å²) in [5.74, 6) is 0. The molecule has 0 spiro atoms. The molecule has 0 saturated carbocycles. The SMILES string of the molecule is C1C[CH2][SnH][O]C1.O. The Kier molecular flexibility index (Phi) is 5.37. The molecule has 0 unspecified atom stereocenters. The summed E-state index contributed by atoms with van der Waals surface area (Å²) < 4.78 is 6.73. The fraction of sp³-hybridized carbons (Fsp3) is 1.00. The molecule has 1 aliphatic rings. The van der Waals surface area contributed by atoms with Crippen molar-refractivity contribution in [3.8, 4) is 0 Å². The van der Waals surface area contributed by atoms with E-state index in [-0.39, 0.29) is 27.0 Å². The summed E-state index contributed by atoms with van der Waals surface area (Å²) in [6, 6.07) is 0. The zero-order chi connectivity index (χ0) is 4.24. The van der Waals surface area contributed by atoms with E-state index in [2.05, 4.69) is 0 Å². The Labute approximate surface area is 54.3 Å². The number of rotatable bonds is 0. The first-order chi connectivity index (χ1) is 3.00. The van der Waals surface area contributed by atoms with Crippen LogP contribution >= 0.6 is 0 Å². The third kappa shape index (κ3) is 3.31. The van der Waals surface area contributed by atoms with E-state index in [1.807, 2.05) is 0 Å². The van der Waals surface area contributed by atoms with Crippen molar-refractivity contribution in [1.82, 2.24) is 0 Å². The van der Waals surface area contributed by atoms with Crippen LogP contribution in [-0.4, -0.2) is 33.6 Å². The van der Waals surface area contributed by atoms with Crippen molar-refractivity contribution in [3.05, 3.63) is 0 Å². The van der Waals surface area contributed by atoms with Crippen LogP contribution in [0.4, 0.5) is 0 Å². The summed E-state index contributed by atoms with van der Waals surface area (Å²) in [6.45, 7) is 1.08. The maximum Gasteiger partial charge on any atom is -0.412 e. The van der Waals surface area contributed by atoms with Crippen molar-refractivity contribution in [2.75, 3.05) is 6.61 Å². The third-order valence-corrected chi connectivity index (χ3v) is 4.14. The van der Waals surface area contributed by atoms with E-state index < -0.39 is 0 Å². The molecule has 0 aromatic rings. The first kappa shape index (κ1) is 7.72. The molecule has 2 N–H and O–H groups in total. The Morgan fingerprint density at radius 3 is 2.29 bits per heavy atom. The number of hydrogen-bond donors (Lipinski definition) is 0. The molecule has 43 valence electrons. The van der Waals surface area contributed by atoms with Crippen LogP contribution in [0.1, 0.15) is 12.8 Å². The van der Waals surface area contributed by atoms with Crippen molar-refractivity contribution >= 4 is 21.6 Å². The van der Waals surface area contributed by atoms with Gasteiger partial charge < -0.3 is 5.48 Å². The smallest absolute Gasteiger partial charge is 0.412 e. The molecule has 7 heavy (non-hydrogen) atoms. The first-order valence-electron chi connectivity index (χ1n) is 2.43. The second kappa shape index (κ2) is 4.87. The van der Waals surface area contributed by atoms with Gasteiger partial charge in [0.05, 0.1) is 0 Å². The van der Waals surface area contributed by atoms with Gasteiger partial charge in [0.25, 0.3) is 0 Å². The largest absolute Gasteiger partial charge is 0.412 e. The van der Waals surface area contributed by atoms with E-state index in [1.165, 1.54) is 17.3 Å². The van der Waals surface area contributed by atoms with Gasteiger partial charge in [-0.15, -0.1) is 0 Å². The molecule has 1 saturated heterocycles. The van der Waals surface area contributed by atoms with Gasteiger partial charge in [-0.2, -0.15) is 0 Å². The topological polar surface area (TPSA) is 40.7 Å². The Bertz CT molecular complexity index is 25.2. The minimum Gasteiger partial charge on any atom is -0.412 e. The summed E-state index contributed by atoms with van der Waals surface area (Å²) in [5, 5.41) is 0.